The lowest BCUT2D eigenvalue weighted by Gasteiger charge is -2.49. The van der Waals surface area contributed by atoms with E-state index in [0.717, 1.165) is 71.6 Å². The Morgan fingerprint density at radius 1 is 1.03 bits per heavy atom. The molecule has 3 saturated heterocycles. The molecule has 7 nitrogen and oxygen atoms in total. The summed E-state index contributed by atoms with van der Waals surface area (Å²) >= 11 is 0. The van der Waals surface area contributed by atoms with Gasteiger partial charge in [0.05, 0.1) is 5.60 Å². The van der Waals surface area contributed by atoms with Crippen LogP contribution in [0.3, 0.4) is 0 Å². The summed E-state index contributed by atoms with van der Waals surface area (Å²) < 4.78 is 6.34. The molecule has 1 spiro atoms. The Balaban J connectivity index is 1.15. The Hall–Kier alpha value is -2.38. The van der Waals surface area contributed by atoms with Crippen molar-refractivity contribution in [3.63, 3.8) is 0 Å². The zero-order valence-electron chi connectivity index (χ0n) is 17.5. The van der Waals surface area contributed by atoms with E-state index in [9.17, 15) is 4.79 Å². The number of amides is 1. The van der Waals surface area contributed by atoms with Crippen LogP contribution in [0.1, 0.15) is 36.2 Å². The van der Waals surface area contributed by atoms with Gasteiger partial charge in [-0.3, -0.25) is 14.8 Å². The molecule has 0 saturated carbocycles. The number of anilines is 1. The van der Waals surface area contributed by atoms with Crippen molar-refractivity contribution in [1.82, 2.24) is 20.0 Å². The number of rotatable bonds is 3. The van der Waals surface area contributed by atoms with Gasteiger partial charge >= 0.3 is 0 Å². The average Bonchev–Trinajstić information content (AvgIpc) is 3.35. The van der Waals surface area contributed by atoms with Crippen molar-refractivity contribution in [2.45, 2.75) is 37.3 Å². The number of piperazine rings is 1. The number of nitrogens with one attached hydrogen (secondary N) is 1. The number of H-pyrrole nitrogens is 1. The quantitative estimate of drug-likeness (QED) is 0.843. The molecule has 2 aromatic rings. The first-order chi connectivity index (χ1) is 14.7. The minimum absolute atomic E-state index is 0.0479. The Morgan fingerprint density at radius 2 is 1.80 bits per heavy atom. The molecule has 7 heteroatoms. The summed E-state index contributed by atoms with van der Waals surface area (Å²) in [7, 11) is 0. The van der Waals surface area contributed by atoms with E-state index in [0.29, 0.717) is 11.7 Å². The zero-order chi connectivity index (χ0) is 20.4. The monoisotopic (exact) mass is 409 g/mol. The number of benzene rings is 1. The van der Waals surface area contributed by atoms with E-state index in [1.165, 1.54) is 5.69 Å². The molecule has 4 heterocycles. The van der Waals surface area contributed by atoms with Gasteiger partial charge in [-0.1, -0.05) is 18.2 Å². The second-order valence-corrected chi connectivity index (χ2v) is 8.80. The standard InChI is InChI=1S/C23H31N5O2/c29-22(21-6-10-24-25-21)28-11-8-23(9-12-28)18-20(7-17-30-23)27-15-13-26(14-16-27)19-4-2-1-3-5-19/h1-6,10,20H,7-9,11-18H2,(H,24,25). The van der Waals surface area contributed by atoms with Crippen molar-refractivity contribution in [1.29, 1.82) is 0 Å². The highest BCUT2D eigenvalue weighted by Gasteiger charge is 2.43. The number of aromatic amines is 1. The van der Waals surface area contributed by atoms with Gasteiger partial charge in [0.15, 0.2) is 0 Å². The summed E-state index contributed by atoms with van der Waals surface area (Å²) in [5, 5.41) is 6.69. The summed E-state index contributed by atoms with van der Waals surface area (Å²) in [5.41, 5.74) is 1.84. The summed E-state index contributed by atoms with van der Waals surface area (Å²) in [6.07, 6.45) is 5.68. The molecule has 1 aromatic carbocycles. The highest BCUT2D eigenvalue weighted by molar-refractivity contribution is 5.92. The van der Waals surface area contributed by atoms with E-state index in [2.05, 4.69) is 50.3 Å². The van der Waals surface area contributed by atoms with Gasteiger partial charge in [0.2, 0.25) is 0 Å². The van der Waals surface area contributed by atoms with Gasteiger partial charge in [0, 0.05) is 63.8 Å². The Kier molecular flexibility index (Phi) is 5.48. The van der Waals surface area contributed by atoms with Crippen LogP contribution in [0.15, 0.2) is 42.6 Å². The molecule has 1 amide bonds. The fourth-order valence-corrected chi connectivity index (χ4v) is 5.31. The van der Waals surface area contributed by atoms with Crippen molar-refractivity contribution in [3.05, 3.63) is 48.3 Å². The number of aromatic nitrogens is 2. The molecule has 3 aliphatic rings. The van der Waals surface area contributed by atoms with E-state index < -0.39 is 0 Å². The van der Waals surface area contributed by atoms with Gasteiger partial charge in [-0.25, -0.2) is 0 Å². The van der Waals surface area contributed by atoms with Crippen molar-refractivity contribution in [3.8, 4) is 0 Å². The maximum absolute atomic E-state index is 12.6. The largest absolute Gasteiger partial charge is 0.375 e. The molecule has 3 fully saturated rings. The molecule has 5 rings (SSSR count). The third kappa shape index (κ3) is 3.96. The summed E-state index contributed by atoms with van der Waals surface area (Å²) in [6, 6.07) is 13.1. The fourth-order valence-electron chi connectivity index (χ4n) is 5.31. The van der Waals surface area contributed by atoms with Gasteiger partial charge in [0.25, 0.3) is 5.91 Å². The Morgan fingerprint density at radius 3 is 2.50 bits per heavy atom. The number of hydrogen-bond acceptors (Lipinski definition) is 5. The molecule has 0 bridgehead atoms. The summed E-state index contributed by atoms with van der Waals surface area (Å²) in [6.45, 7) is 6.73. The summed E-state index contributed by atoms with van der Waals surface area (Å²) in [4.78, 5) is 19.7. The third-order valence-electron chi connectivity index (χ3n) is 7.11. The first-order valence-corrected chi connectivity index (χ1v) is 11.2. The van der Waals surface area contributed by atoms with Crippen LogP contribution in [0.25, 0.3) is 0 Å². The fraction of sp³-hybridized carbons (Fsp3) is 0.565. The maximum atomic E-state index is 12.6. The Labute approximate surface area is 178 Å². The lowest BCUT2D eigenvalue weighted by atomic mass is 9.81. The summed E-state index contributed by atoms with van der Waals surface area (Å²) in [5.74, 6) is 0.0479. The highest BCUT2D eigenvalue weighted by Crippen LogP contribution is 2.37. The molecule has 1 atom stereocenters. The van der Waals surface area contributed by atoms with Crippen LogP contribution in [0, 0.1) is 0 Å². The van der Waals surface area contributed by atoms with Gasteiger partial charge < -0.3 is 14.5 Å². The smallest absolute Gasteiger partial charge is 0.271 e. The van der Waals surface area contributed by atoms with Crippen LogP contribution in [-0.2, 0) is 4.74 Å². The molecular weight excluding hydrogens is 378 g/mol. The normalized spacial score (nSPS) is 24.9. The van der Waals surface area contributed by atoms with Crippen LogP contribution < -0.4 is 4.90 Å². The minimum Gasteiger partial charge on any atom is -0.375 e. The highest BCUT2D eigenvalue weighted by atomic mass is 16.5. The average molecular weight is 410 g/mol. The number of hydrogen-bond donors (Lipinski definition) is 1. The molecular formula is C23H31N5O2. The number of nitrogens with zero attached hydrogens (tertiary/aromatic N) is 4. The van der Waals surface area contributed by atoms with Crippen molar-refractivity contribution < 1.29 is 9.53 Å². The van der Waals surface area contributed by atoms with Crippen LogP contribution in [0.5, 0.6) is 0 Å². The topological polar surface area (TPSA) is 64.7 Å². The number of likely N-dealkylation sites (tertiary alicyclic amines) is 1. The second-order valence-electron chi connectivity index (χ2n) is 8.80. The van der Waals surface area contributed by atoms with E-state index in [1.807, 2.05) is 4.90 Å². The number of ether oxygens (including phenoxy) is 1. The third-order valence-corrected chi connectivity index (χ3v) is 7.11. The number of piperidine rings is 1. The molecule has 160 valence electrons. The van der Waals surface area contributed by atoms with Gasteiger partial charge in [-0.15, -0.1) is 0 Å². The van der Waals surface area contributed by atoms with Crippen LogP contribution in [-0.4, -0.2) is 83.4 Å². The molecule has 3 aliphatic heterocycles. The second kappa shape index (κ2) is 8.40. The van der Waals surface area contributed by atoms with Crippen LogP contribution in [0.2, 0.25) is 0 Å². The SMILES string of the molecule is O=C(c1ccn[nH]1)N1CCC2(CC1)CC(N1CCN(c3ccccc3)CC1)CCO2. The molecule has 1 unspecified atom stereocenters. The first kappa shape index (κ1) is 19.6. The van der Waals surface area contributed by atoms with Gasteiger partial charge in [0.1, 0.15) is 5.69 Å². The minimum atomic E-state index is -0.0652. The lowest BCUT2D eigenvalue weighted by Crippen LogP contribution is -2.57. The first-order valence-electron chi connectivity index (χ1n) is 11.2. The molecule has 1 N–H and O–H groups in total. The predicted octanol–water partition coefficient (Wildman–Crippen LogP) is 2.39. The molecule has 0 aliphatic carbocycles. The van der Waals surface area contributed by atoms with Crippen molar-refractivity contribution in [2.75, 3.05) is 50.8 Å². The molecule has 0 radical (unpaired) electrons. The molecule has 1 aromatic heterocycles. The zero-order valence-corrected chi connectivity index (χ0v) is 17.5. The predicted molar refractivity (Wildman–Crippen MR) is 116 cm³/mol. The van der Waals surface area contributed by atoms with Crippen molar-refractivity contribution >= 4 is 11.6 Å². The van der Waals surface area contributed by atoms with Gasteiger partial charge in [-0.2, -0.15) is 5.10 Å². The van der Waals surface area contributed by atoms with E-state index in [-0.39, 0.29) is 11.5 Å². The Bertz CT molecular complexity index is 825. The van der Waals surface area contributed by atoms with Gasteiger partial charge in [-0.05, 0) is 43.9 Å². The number of carbonyl (C=O) groups excluding carboxylic acids is 1. The van der Waals surface area contributed by atoms with Crippen LogP contribution in [0.4, 0.5) is 5.69 Å². The van der Waals surface area contributed by atoms with Crippen molar-refractivity contribution in [2.24, 2.45) is 0 Å². The molecule has 30 heavy (non-hydrogen) atoms. The number of para-hydroxylation sites is 1. The van der Waals surface area contributed by atoms with E-state index in [1.54, 1.807) is 12.3 Å². The maximum Gasteiger partial charge on any atom is 0.271 e. The van der Waals surface area contributed by atoms with E-state index >= 15 is 0 Å². The van der Waals surface area contributed by atoms with E-state index in [4.69, 9.17) is 4.74 Å². The van der Waals surface area contributed by atoms with Crippen LogP contribution >= 0.6 is 0 Å². The number of carbonyl (C=O) groups is 1. The lowest BCUT2D eigenvalue weighted by molar-refractivity contribution is -0.130.